The van der Waals surface area contributed by atoms with Crippen molar-refractivity contribution in [1.82, 2.24) is 15.5 Å². The van der Waals surface area contributed by atoms with Gasteiger partial charge in [0.05, 0.1) is 0 Å². The molecule has 0 saturated heterocycles. The van der Waals surface area contributed by atoms with Gasteiger partial charge < -0.3 is 20.3 Å². The highest BCUT2D eigenvalue weighted by molar-refractivity contribution is 5.91. The smallest absolute Gasteiger partial charge is 0.408 e. The molecule has 1 aliphatic carbocycles. The van der Waals surface area contributed by atoms with Gasteiger partial charge in [-0.2, -0.15) is 0 Å². The van der Waals surface area contributed by atoms with Crippen LogP contribution in [0.4, 0.5) is 4.79 Å². The predicted octanol–water partition coefficient (Wildman–Crippen LogP) is 4.17. The lowest BCUT2D eigenvalue weighted by atomic mass is 9.98. The van der Waals surface area contributed by atoms with E-state index in [1.54, 1.807) is 25.7 Å². The van der Waals surface area contributed by atoms with E-state index in [0.29, 0.717) is 0 Å². The molecule has 2 unspecified atom stereocenters. The third-order valence-corrected chi connectivity index (χ3v) is 5.49. The lowest BCUT2D eigenvalue weighted by molar-refractivity contribution is -0.141. The van der Waals surface area contributed by atoms with Crippen molar-refractivity contribution in [2.75, 3.05) is 6.54 Å². The second-order valence-corrected chi connectivity index (χ2v) is 9.83. The Morgan fingerprint density at radius 2 is 1.81 bits per heavy atom. The fourth-order valence-corrected chi connectivity index (χ4v) is 3.66. The number of hydrogen-bond acceptors (Lipinski definition) is 4. The topological polar surface area (TPSA) is 87.7 Å². The lowest BCUT2D eigenvalue weighted by Gasteiger charge is -2.33. The molecule has 7 nitrogen and oxygen atoms in total. The van der Waals surface area contributed by atoms with Gasteiger partial charge >= 0.3 is 6.09 Å². The summed E-state index contributed by atoms with van der Waals surface area (Å²) in [6, 6.07) is 5.14. The highest BCUT2D eigenvalue weighted by Crippen LogP contribution is 2.35. The SMILES string of the molecule is CCCC(C)NC(=O)C(c1ccc(C)c(C)c1)N(C(=O)CNC(=O)OC(C)(C)C)C1CC1. The van der Waals surface area contributed by atoms with Crippen molar-refractivity contribution in [2.45, 2.75) is 97.9 Å². The van der Waals surface area contributed by atoms with E-state index in [-0.39, 0.29) is 30.4 Å². The second-order valence-electron chi connectivity index (χ2n) is 9.83. The number of hydrogen-bond donors (Lipinski definition) is 2. The second kappa shape index (κ2) is 10.8. The fourth-order valence-electron chi connectivity index (χ4n) is 3.66. The van der Waals surface area contributed by atoms with Crippen LogP contribution in [0.1, 0.15) is 83.0 Å². The number of carbonyl (C=O) groups excluding carboxylic acids is 3. The Balaban J connectivity index is 2.28. The van der Waals surface area contributed by atoms with Crippen molar-refractivity contribution in [2.24, 2.45) is 0 Å². The van der Waals surface area contributed by atoms with Crippen LogP contribution in [0.2, 0.25) is 0 Å². The molecule has 2 rings (SSSR count). The lowest BCUT2D eigenvalue weighted by Crippen LogP contribution is -2.50. The Morgan fingerprint density at radius 3 is 2.34 bits per heavy atom. The molecule has 178 valence electrons. The van der Waals surface area contributed by atoms with E-state index in [2.05, 4.69) is 17.6 Å². The summed E-state index contributed by atoms with van der Waals surface area (Å²) in [5.74, 6) is -0.480. The van der Waals surface area contributed by atoms with Gasteiger partial charge in [0.25, 0.3) is 0 Å². The van der Waals surface area contributed by atoms with Gasteiger partial charge in [-0.3, -0.25) is 9.59 Å². The average molecular weight is 446 g/mol. The van der Waals surface area contributed by atoms with Gasteiger partial charge in [0.2, 0.25) is 11.8 Å². The number of nitrogens with one attached hydrogen (secondary N) is 2. The van der Waals surface area contributed by atoms with E-state index in [1.807, 2.05) is 39.0 Å². The first kappa shape index (κ1) is 25.7. The van der Waals surface area contributed by atoms with Gasteiger partial charge in [0.15, 0.2) is 0 Å². The summed E-state index contributed by atoms with van der Waals surface area (Å²) in [6.07, 6.45) is 2.86. The number of alkyl carbamates (subject to hydrolysis) is 1. The third kappa shape index (κ3) is 7.53. The van der Waals surface area contributed by atoms with Crippen LogP contribution in [0.25, 0.3) is 0 Å². The number of amides is 3. The van der Waals surface area contributed by atoms with Gasteiger partial charge in [0, 0.05) is 12.1 Å². The van der Waals surface area contributed by atoms with E-state index in [4.69, 9.17) is 4.74 Å². The van der Waals surface area contributed by atoms with Crippen LogP contribution < -0.4 is 10.6 Å². The van der Waals surface area contributed by atoms with Crippen molar-refractivity contribution in [3.63, 3.8) is 0 Å². The van der Waals surface area contributed by atoms with E-state index >= 15 is 0 Å². The number of nitrogens with zero attached hydrogens (tertiary/aromatic N) is 1. The first-order chi connectivity index (χ1) is 14.9. The van der Waals surface area contributed by atoms with E-state index in [0.717, 1.165) is 42.4 Å². The zero-order valence-corrected chi connectivity index (χ0v) is 20.6. The van der Waals surface area contributed by atoms with Crippen LogP contribution in [0.15, 0.2) is 18.2 Å². The predicted molar refractivity (Wildman–Crippen MR) is 125 cm³/mol. The molecule has 0 spiro atoms. The number of rotatable bonds is 9. The van der Waals surface area contributed by atoms with Crippen molar-refractivity contribution >= 4 is 17.9 Å². The Labute approximate surface area is 192 Å². The summed E-state index contributed by atoms with van der Waals surface area (Å²) in [5.41, 5.74) is 2.33. The number of benzene rings is 1. The van der Waals surface area contributed by atoms with Crippen LogP contribution in [0, 0.1) is 13.8 Å². The number of carbonyl (C=O) groups is 3. The van der Waals surface area contributed by atoms with Crippen LogP contribution >= 0.6 is 0 Å². The van der Waals surface area contributed by atoms with Crippen LogP contribution in [0.3, 0.4) is 0 Å². The molecule has 3 amide bonds. The van der Waals surface area contributed by atoms with E-state index in [9.17, 15) is 14.4 Å². The zero-order chi connectivity index (χ0) is 24.1. The van der Waals surface area contributed by atoms with Gasteiger partial charge in [-0.15, -0.1) is 0 Å². The average Bonchev–Trinajstić information content (AvgIpc) is 3.50. The number of aryl methyl sites for hydroxylation is 2. The first-order valence-corrected chi connectivity index (χ1v) is 11.6. The molecule has 0 aromatic heterocycles. The summed E-state index contributed by atoms with van der Waals surface area (Å²) in [5, 5.41) is 5.63. The first-order valence-electron chi connectivity index (χ1n) is 11.6. The maximum Gasteiger partial charge on any atom is 0.408 e. The molecular weight excluding hydrogens is 406 g/mol. The molecule has 1 aromatic rings. The number of ether oxygens (including phenoxy) is 1. The summed E-state index contributed by atoms with van der Waals surface area (Å²) in [7, 11) is 0. The zero-order valence-electron chi connectivity index (χ0n) is 20.6. The van der Waals surface area contributed by atoms with Gasteiger partial charge in [-0.1, -0.05) is 31.5 Å². The monoisotopic (exact) mass is 445 g/mol. The van der Waals surface area contributed by atoms with E-state index < -0.39 is 17.7 Å². The third-order valence-electron chi connectivity index (χ3n) is 5.49. The Kier molecular flexibility index (Phi) is 8.70. The maximum atomic E-state index is 13.4. The molecule has 0 bridgehead atoms. The minimum absolute atomic E-state index is 0.0117. The molecular formula is C25H39N3O4. The molecule has 0 heterocycles. The van der Waals surface area contributed by atoms with E-state index in [1.165, 1.54) is 0 Å². The minimum atomic E-state index is -0.742. The quantitative estimate of drug-likeness (QED) is 0.597. The van der Waals surface area contributed by atoms with Crippen molar-refractivity contribution < 1.29 is 19.1 Å². The van der Waals surface area contributed by atoms with Crippen LogP contribution in [-0.2, 0) is 14.3 Å². The fraction of sp³-hybridized carbons (Fsp3) is 0.640. The summed E-state index contributed by atoms with van der Waals surface area (Å²) < 4.78 is 5.24. The highest BCUT2D eigenvalue weighted by Gasteiger charge is 2.41. The molecule has 0 aliphatic heterocycles. The molecule has 1 saturated carbocycles. The minimum Gasteiger partial charge on any atom is -0.444 e. The molecule has 1 aliphatic rings. The summed E-state index contributed by atoms with van der Waals surface area (Å²) in [4.78, 5) is 40.4. The highest BCUT2D eigenvalue weighted by atomic mass is 16.6. The Morgan fingerprint density at radius 1 is 1.16 bits per heavy atom. The Hall–Kier alpha value is -2.57. The summed E-state index contributed by atoms with van der Waals surface area (Å²) >= 11 is 0. The maximum absolute atomic E-state index is 13.4. The molecule has 32 heavy (non-hydrogen) atoms. The molecule has 1 aromatic carbocycles. The van der Waals surface area contributed by atoms with Gasteiger partial charge in [0.1, 0.15) is 18.2 Å². The van der Waals surface area contributed by atoms with Gasteiger partial charge in [-0.25, -0.2) is 4.79 Å². The van der Waals surface area contributed by atoms with Crippen LogP contribution in [0.5, 0.6) is 0 Å². The van der Waals surface area contributed by atoms with Crippen LogP contribution in [-0.4, -0.2) is 47.0 Å². The molecule has 2 N–H and O–H groups in total. The van der Waals surface area contributed by atoms with Crippen molar-refractivity contribution in [3.8, 4) is 0 Å². The standard InChI is InChI=1S/C25H39N3O4/c1-8-9-18(4)27-23(30)22(19-11-10-16(2)17(3)14-19)28(20-12-13-20)21(29)15-26-24(31)32-25(5,6)7/h10-11,14,18,20,22H,8-9,12-13,15H2,1-7H3,(H,26,31)(H,27,30). The molecule has 1 fully saturated rings. The Bertz CT molecular complexity index is 827. The van der Waals surface area contributed by atoms with Crippen molar-refractivity contribution in [1.29, 1.82) is 0 Å². The van der Waals surface area contributed by atoms with Gasteiger partial charge in [-0.05, 0) is 77.5 Å². The molecule has 0 radical (unpaired) electrons. The molecule has 7 heteroatoms. The normalized spacial score (nSPS) is 15.5. The molecule has 2 atom stereocenters. The van der Waals surface area contributed by atoms with Crippen molar-refractivity contribution in [3.05, 3.63) is 34.9 Å². The largest absolute Gasteiger partial charge is 0.444 e. The summed E-state index contributed by atoms with van der Waals surface area (Å²) in [6.45, 7) is 13.2.